The second-order valence-electron chi connectivity index (χ2n) is 4.92. The van der Waals surface area contributed by atoms with E-state index < -0.39 is 0 Å². The molecule has 0 fully saturated rings. The quantitative estimate of drug-likeness (QED) is 0.631. The highest BCUT2D eigenvalue weighted by Gasteiger charge is 2.12. The molecule has 0 aromatic heterocycles. The lowest BCUT2D eigenvalue weighted by Crippen LogP contribution is -2.21. The zero-order chi connectivity index (χ0) is 9.83. The fourth-order valence-corrected chi connectivity index (χ4v) is 1.47. The summed E-state index contributed by atoms with van der Waals surface area (Å²) in [4.78, 5) is 0. The molecule has 0 saturated heterocycles. The van der Waals surface area contributed by atoms with E-state index >= 15 is 0 Å². The molecule has 0 aromatic rings. The average Bonchev–Trinajstić information content (AvgIpc) is 1.76. The Morgan fingerprint density at radius 3 is 1.83 bits per heavy atom. The minimum Gasteiger partial charge on any atom is -0.375 e. The van der Waals surface area contributed by atoms with Crippen LogP contribution < -0.4 is 0 Å². The third-order valence-electron chi connectivity index (χ3n) is 1.15. The van der Waals surface area contributed by atoms with Crippen molar-refractivity contribution < 1.29 is 4.74 Å². The molecule has 0 radical (unpaired) electrons. The SMILES string of the molecule is CC(C)(C)OCCSC(C)(C)C. The lowest BCUT2D eigenvalue weighted by molar-refractivity contribution is 0.00688. The van der Waals surface area contributed by atoms with E-state index in [9.17, 15) is 0 Å². The maximum Gasteiger partial charge on any atom is 0.0598 e. The van der Waals surface area contributed by atoms with E-state index in [1.54, 1.807) is 0 Å². The van der Waals surface area contributed by atoms with Gasteiger partial charge in [-0.15, -0.1) is 0 Å². The molecule has 0 unspecified atom stereocenters. The second-order valence-corrected chi connectivity index (χ2v) is 6.84. The van der Waals surface area contributed by atoms with Crippen molar-refractivity contribution >= 4 is 11.8 Å². The molecule has 12 heavy (non-hydrogen) atoms. The summed E-state index contributed by atoms with van der Waals surface area (Å²) < 4.78 is 5.97. The average molecular weight is 190 g/mol. The first kappa shape index (κ1) is 12.3. The van der Waals surface area contributed by atoms with Crippen LogP contribution in [-0.2, 0) is 4.74 Å². The van der Waals surface area contributed by atoms with Crippen LogP contribution in [-0.4, -0.2) is 22.7 Å². The molecule has 0 atom stereocenters. The Labute approximate surface area is 81.3 Å². The van der Waals surface area contributed by atoms with Gasteiger partial charge in [0, 0.05) is 10.5 Å². The van der Waals surface area contributed by atoms with E-state index in [-0.39, 0.29) is 5.60 Å². The van der Waals surface area contributed by atoms with Crippen molar-refractivity contribution in [3.8, 4) is 0 Å². The van der Waals surface area contributed by atoms with Crippen LogP contribution in [0.15, 0.2) is 0 Å². The fourth-order valence-electron chi connectivity index (χ4n) is 0.696. The molecule has 0 aliphatic heterocycles. The van der Waals surface area contributed by atoms with Gasteiger partial charge in [0.2, 0.25) is 0 Å². The highest BCUT2D eigenvalue weighted by Crippen LogP contribution is 2.23. The van der Waals surface area contributed by atoms with Crippen LogP contribution in [0.1, 0.15) is 41.5 Å². The molecule has 2 heteroatoms. The number of hydrogen-bond acceptors (Lipinski definition) is 2. The maximum atomic E-state index is 5.60. The number of ether oxygens (including phenoxy) is 1. The Morgan fingerprint density at radius 1 is 1.00 bits per heavy atom. The van der Waals surface area contributed by atoms with Gasteiger partial charge in [0.05, 0.1) is 12.2 Å². The fraction of sp³-hybridized carbons (Fsp3) is 1.00. The third kappa shape index (κ3) is 10.3. The van der Waals surface area contributed by atoms with E-state index in [0.717, 1.165) is 12.4 Å². The number of rotatable bonds is 3. The molecule has 0 aromatic carbocycles. The monoisotopic (exact) mass is 190 g/mol. The number of thioether (sulfide) groups is 1. The summed E-state index contributed by atoms with van der Waals surface area (Å²) in [5.41, 5.74) is 0.0123. The summed E-state index contributed by atoms with van der Waals surface area (Å²) in [5, 5.41) is 0. The van der Waals surface area contributed by atoms with E-state index in [1.807, 2.05) is 11.8 Å². The van der Waals surface area contributed by atoms with Crippen molar-refractivity contribution in [1.82, 2.24) is 0 Å². The van der Waals surface area contributed by atoms with Crippen molar-refractivity contribution in [2.24, 2.45) is 0 Å². The lowest BCUT2D eigenvalue weighted by atomic mass is 10.2. The Bertz CT molecular complexity index is 103. The normalized spacial score (nSPS) is 13.5. The Kier molecular flexibility index (Phi) is 4.64. The van der Waals surface area contributed by atoms with Gasteiger partial charge >= 0.3 is 0 Å². The second kappa shape index (κ2) is 4.52. The maximum absolute atomic E-state index is 5.60. The molecule has 0 rings (SSSR count). The predicted molar refractivity (Wildman–Crippen MR) is 57.9 cm³/mol. The summed E-state index contributed by atoms with van der Waals surface area (Å²) >= 11 is 1.95. The van der Waals surface area contributed by atoms with Crippen LogP contribution in [0.4, 0.5) is 0 Å². The van der Waals surface area contributed by atoms with E-state index in [2.05, 4.69) is 41.5 Å². The van der Waals surface area contributed by atoms with Crippen LogP contribution in [0.2, 0.25) is 0 Å². The van der Waals surface area contributed by atoms with Crippen molar-refractivity contribution in [2.75, 3.05) is 12.4 Å². The molecule has 0 aliphatic rings. The molecular weight excluding hydrogens is 168 g/mol. The van der Waals surface area contributed by atoms with Gasteiger partial charge in [0.1, 0.15) is 0 Å². The smallest absolute Gasteiger partial charge is 0.0598 e. The van der Waals surface area contributed by atoms with Crippen LogP contribution >= 0.6 is 11.8 Å². The Balaban J connectivity index is 3.35. The molecule has 1 nitrogen and oxygen atoms in total. The Hall–Kier alpha value is 0.310. The minimum absolute atomic E-state index is 0.0123. The molecule has 0 bridgehead atoms. The first-order valence-electron chi connectivity index (χ1n) is 4.49. The molecule has 0 aliphatic carbocycles. The minimum atomic E-state index is 0.0123. The third-order valence-corrected chi connectivity index (χ3v) is 2.39. The molecule has 0 spiro atoms. The molecule has 0 N–H and O–H groups in total. The van der Waals surface area contributed by atoms with Gasteiger partial charge in [-0.2, -0.15) is 11.8 Å². The highest BCUT2D eigenvalue weighted by molar-refractivity contribution is 8.00. The summed E-state index contributed by atoms with van der Waals surface area (Å²) in [6, 6.07) is 0. The van der Waals surface area contributed by atoms with Crippen LogP contribution in [0.5, 0.6) is 0 Å². The van der Waals surface area contributed by atoms with Crippen molar-refractivity contribution in [3.63, 3.8) is 0 Å². The van der Waals surface area contributed by atoms with Crippen molar-refractivity contribution in [1.29, 1.82) is 0 Å². The molecule has 0 amide bonds. The van der Waals surface area contributed by atoms with Gasteiger partial charge in [-0.25, -0.2) is 0 Å². The van der Waals surface area contributed by atoms with Gasteiger partial charge in [-0.3, -0.25) is 0 Å². The summed E-state index contributed by atoms with van der Waals surface area (Å²) in [6.07, 6.45) is 0. The summed E-state index contributed by atoms with van der Waals surface area (Å²) in [7, 11) is 0. The first-order valence-corrected chi connectivity index (χ1v) is 5.47. The van der Waals surface area contributed by atoms with Gasteiger partial charge in [-0.05, 0) is 20.8 Å². The topological polar surface area (TPSA) is 9.23 Å². The van der Waals surface area contributed by atoms with Crippen LogP contribution in [0.3, 0.4) is 0 Å². The van der Waals surface area contributed by atoms with Crippen LogP contribution in [0.25, 0.3) is 0 Å². The van der Waals surface area contributed by atoms with Crippen LogP contribution in [0, 0.1) is 0 Å². The van der Waals surface area contributed by atoms with E-state index in [4.69, 9.17) is 4.74 Å². The van der Waals surface area contributed by atoms with E-state index in [0.29, 0.717) is 4.75 Å². The largest absolute Gasteiger partial charge is 0.375 e. The summed E-state index contributed by atoms with van der Waals surface area (Å²) in [6.45, 7) is 13.8. The molecule has 0 saturated carbocycles. The highest BCUT2D eigenvalue weighted by atomic mass is 32.2. The van der Waals surface area contributed by atoms with Gasteiger partial charge in [0.25, 0.3) is 0 Å². The molecule has 0 heterocycles. The molecule has 74 valence electrons. The summed E-state index contributed by atoms with van der Waals surface area (Å²) in [5.74, 6) is 1.08. The zero-order valence-electron chi connectivity index (χ0n) is 9.23. The number of hydrogen-bond donors (Lipinski definition) is 0. The van der Waals surface area contributed by atoms with Crippen molar-refractivity contribution in [3.05, 3.63) is 0 Å². The van der Waals surface area contributed by atoms with Gasteiger partial charge in [0.15, 0.2) is 0 Å². The van der Waals surface area contributed by atoms with Gasteiger partial charge < -0.3 is 4.74 Å². The first-order chi connectivity index (χ1) is 5.21. The lowest BCUT2D eigenvalue weighted by Gasteiger charge is -2.22. The predicted octanol–water partition coefficient (Wildman–Crippen LogP) is 3.33. The Morgan fingerprint density at radius 2 is 1.50 bits per heavy atom. The zero-order valence-corrected chi connectivity index (χ0v) is 10.0. The van der Waals surface area contributed by atoms with E-state index in [1.165, 1.54) is 0 Å². The van der Waals surface area contributed by atoms with Gasteiger partial charge in [-0.1, -0.05) is 20.8 Å². The standard InChI is InChI=1S/C10H22OS/c1-9(2,3)11-7-8-12-10(4,5)6/h7-8H2,1-6H3. The molecular formula is C10H22OS. The van der Waals surface area contributed by atoms with Crippen molar-refractivity contribution in [2.45, 2.75) is 51.9 Å².